The van der Waals surface area contributed by atoms with E-state index >= 15 is 0 Å². The molecule has 0 atom stereocenters. The minimum Gasteiger partial charge on any atom is -0.382 e. The molecule has 2 aromatic rings. The Morgan fingerprint density at radius 3 is 2.68 bits per heavy atom. The topological polar surface area (TPSA) is 122 Å². The fraction of sp³-hybridized carbons (Fsp3) is 0.417. The number of anilines is 2. The van der Waals surface area contributed by atoms with Crippen molar-refractivity contribution in [2.24, 2.45) is 0 Å². The average molecular weight is 324 g/mol. The summed E-state index contributed by atoms with van der Waals surface area (Å²) in [4.78, 5) is 11.4. The molecule has 1 aliphatic carbocycles. The van der Waals surface area contributed by atoms with E-state index in [4.69, 9.17) is 0 Å². The summed E-state index contributed by atoms with van der Waals surface area (Å²) in [7, 11) is -3.29. The molecule has 3 N–H and O–H groups in total. The lowest BCUT2D eigenvalue weighted by Gasteiger charge is -2.35. The zero-order valence-electron chi connectivity index (χ0n) is 11.9. The third-order valence-electron chi connectivity index (χ3n) is 3.49. The lowest BCUT2D eigenvalue weighted by molar-refractivity contribution is 0.252. The average Bonchev–Trinajstić information content (AvgIpc) is 2.78. The highest BCUT2D eigenvalue weighted by Gasteiger charge is 2.32. The Morgan fingerprint density at radius 1 is 1.32 bits per heavy atom. The quantitative estimate of drug-likeness (QED) is 0.720. The third kappa shape index (κ3) is 3.27. The number of sulfonamides is 1. The molecular formula is C12H16N6O3S. The van der Waals surface area contributed by atoms with Gasteiger partial charge in [-0.05, 0) is 41.5 Å². The predicted molar refractivity (Wildman–Crippen MR) is 81.2 cm³/mol. The summed E-state index contributed by atoms with van der Waals surface area (Å²) >= 11 is 0. The van der Waals surface area contributed by atoms with Crippen LogP contribution in [0.4, 0.5) is 11.4 Å². The Bertz CT molecular complexity index is 821. The van der Waals surface area contributed by atoms with Gasteiger partial charge in [0.05, 0.1) is 18.0 Å². The van der Waals surface area contributed by atoms with Crippen molar-refractivity contribution < 1.29 is 8.42 Å². The number of nitrogens with one attached hydrogen (secondary N) is 3. The summed E-state index contributed by atoms with van der Waals surface area (Å²) in [6.45, 7) is 0. The van der Waals surface area contributed by atoms with Gasteiger partial charge in [0.1, 0.15) is 0 Å². The van der Waals surface area contributed by atoms with E-state index in [1.54, 1.807) is 18.2 Å². The molecule has 0 unspecified atom stereocenters. The van der Waals surface area contributed by atoms with Crippen molar-refractivity contribution in [2.75, 3.05) is 16.3 Å². The molecule has 22 heavy (non-hydrogen) atoms. The van der Waals surface area contributed by atoms with E-state index in [1.807, 2.05) is 6.07 Å². The van der Waals surface area contributed by atoms with E-state index < -0.39 is 10.0 Å². The molecule has 1 aliphatic rings. The summed E-state index contributed by atoms with van der Waals surface area (Å²) in [5.41, 5.74) is 1.03. The summed E-state index contributed by atoms with van der Waals surface area (Å²) in [6.07, 6.45) is 2.63. The predicted octanol–water partition coefficient (Wildman–Crippen LogP) is 0.153. The molecule has 0 spiro atoms. The number of benzene rings is 1. The zero-order chi connectivity index (χ0) is 15.7. The van der Waals surface area contributed by atoms with Gasteiger partial charge in [0.15, 0.2) is 0 Å². The number of aromatic nitrogens is 4. The van der Waals surface area contributed by atoms with Crippen molar-refractivity contribution in [3.8, 4) is 0 Å². The molecule has 0 saturated heterocycles. The van der Waals surface area contributed by atoms with Crippen molar-refractivity contribution >= 4 is 21.4 Å². The number of hydrogen-bond donors (Lipinski definition) is 3. The molecular weight excluding hydrogens is 308 g/mol. The van der Waals surface area contributed by atoms with E-state index in [9.17, 15) is 13.2 Å². The summed E-state index contributed by atoms with van der Waals surface area (Å²) in [5, 5.41) is 12.8. The number of nitrogens with zero attached hydrogens (tertiary/aromatic N) is 3. The minimum atomic E-state index is -3.29. The first kappa shape index (κ1) is 14.6. The van der Waals surface area contributed by atoms with Gasteiger partial charge >= 0.3 is 5.69 Å². The van der Waals surface area contributed by atoms with Crippen LogP contribution in [0.3, 0.4) is 0 Å². The lowest BCUT2D eigenvalue weighted by Crippen LogP contribution is -2.40. The Morgan fingerprint density at radius 2 is 2.05 bits per heavy atom. The van der Waals surface area contributed by atoms with E-state index in [-0.39, 0.29) is 17.8 Å². The van der Waals surface area contributed by atoms with Gasteiger partial charge in [-0.1, -0.05) is 6.07 Å². The monoisotopic (exact) mass is 324 g/mol. The Labute approximate surface area is 126 Å². The summed E-state index contributed by atoms with van der Waals surface area (Å²) in [5.74, 6) is 0. The molecule has 10 heteroatoms. The first-order valence-corrected chi connectivity index (χ1v) is 8.64. The first-order chi connectivity index (χ1) is 10.4. The molecule has 3 rings (SSSR count). The highest BCUT2D eigenvalue weighted by molar-refractivity contribution is 7.92. The Kier molecular flexibility index (Phi) is 3.61. The van der Waals surface area contributed by atoms with Crippen LogP contribution in [0.5, 0.6) is 0 Å². The van der Waals surface area contributed by atoms with E-state index in [2.05, 4.69) is 25.6 Å². The maximum Gasteiger partial charge on any atom is 0.361 e. The maximum atomic E-state index is 11.4. The summed E-state index contributed by atoms with van der Waals surface area (Å²) < 4.78 is 26.2. The second kappa shape index (κ2) is 5.44. The van der Waals surface area contributed by atoms with Gasteiger partial charge < -0.3 is 5.32 Å². The number of hydrogen-bond acceptors (Lipinski definition) is 6. The van der Waals surface area contributed by atoms with Crippen LogP contribution in [0.1, 0.15) is 18.9 Å². The van der Waals surface area contributed by atoms with Crippen LogP contribution in [0, 0.1) is 0 Å². The fourth-order valence-electron chi connectivity index (χ4n) is 2.47. The van der Waals surface area contributed by atoms with E-state index in [0.29, 0.717) is 5.69 Å². The van der Waals surface area contributed by atoms with Crippen LogP contribution in [0.2, 0.25) is 0 Å². The number of H-pyrrole nitrogens is 1. The smallest absolute Gasteiger partial charge is 0.361 e. The molecule has 118 valence electrons. The molecule has 0 amide bonds. The van der Waals surface area contributed by atoms with Crippen LogP contribution in [0.15, 0.2) is 29.1 Å². The van der Waals surface area contributed by atoms with E-state index in [0.717, 1.165) is 24.8 Å². The molecule has 9 nitrogen and oxygen atoms in total. The van der Waals surface area contributed by atoms with Crippen molar-refractivity contribution in [1.82, 2.24) is 20.2 Å². The van der Waals surface area contributed by atoms with Crippen molar-refractivity contribution in [3.05, 3.63) is 34.7 Å². The van der Waals surface area contributed by atoms with Crippen LogP contribution < -0.4 is 15.7 Å². The molecule has 1 saturated carbocycles. The van der Waals surface area contributed by atoms with Crippen molar-refractivity contribution in [3.63, 3.8) is 0 Å². The second-order valence-electron chi connectivity index (χ2n) is 5.37. The van der Waals surface area contributed by atoms with E-state index in [1.165, 1.54) is 4.68 Å². The van der Waals surface area contributed by atoms with Crippen molar-refractivity contribution in [1.29, 1.82) is 0 Å². The molecule has 1 aromatic carbocycles. The fourth-order valence-corrected chi connectivity index (χ4v) is 3.03. The molecule has 1 fully saturated rings. The normalized spacial score (nSPS) is 21.1. The lowest BCUT2D eigenvalue weighted by atomic mass is 9.86. The molecule has 0 bridgehead atoms. The van der Waals surface area contributed by atoms with Crippen molar-refractivity contribution in [2.45, 2.75) is 24.9 Å². The first-order valence-electron chi connectivity index (χ1n) is 6.75. The van der Waals surface area contributed by atoms with Gasteiger partial charge in [-0.25, -0.2) is 18.3 Å². The largest absolute Gasteiger partial charge is 0.382 e. The number of aromatic amines is 1. The maximum absolute atomic E-state index is 11.4. The molecule has 0 radical (unpaired) electrons. The van der Waals surface area contributed by atoms with Gasteiger partial charge in [0, 0.05) is 11.7 Å². The molecule has 1 aromatic heterocycles. The van der Waals surface area contributed by atoms with Crippen LogP contribution >= 0.6 is 0 Å². The zero-order valence-corrected chi connectivity index (χ0v) is 12.7. The molecule has 0 aliphatic heterocycles. The SMILES string of the molecule is CS(=O)(=O)Nc1cccc(NC2CC(n3nn[nH]c3=O)C2)c1. The van der Waals surface area contributed by atoms with Crippen LogP contribution in [0.25, 0.3) is 0 Å². The van der Waals surface area contributed by atoms with Gasteiger partial charge in [0.2, 0.25) is 10.0 Å². The molecule has 1 heterocycles. The second-order valence-corrected chi connectivity index (χ2v) is 7.12. The van der Waals surface area contributed by atoms with Gasteiger partial charge in [0.25, 0.3) is 0 Å². The standard InChI is InChI=1S/C12H16N6O3S/c1-22(20,21)15-9-4-2-3-8(5-9)13-10-6-11(7-10)18-12(19)14-16-17-18/h2-5,10-11,13,15H,6-7H2,1H3,(H,14,17,19). The number of tetrazole rings is 1. The highest BCUT2D eigenvalue weighted by Crippen LogP contribution is 2.33. The van der Waals surface area contributed by atoms with Crippen LogP contribution in [-0.4, -0.2) is 40.9 Å². The van der Waals surface area contributed by atoms with Crippen LogP contribution in [-0.2, 0) is 10.0 Å². The highest BCUT2D eigenvalue weighted by atomic mass is 32.2. The van der Waals surface area contributed by atoms with Gasteiger partial charge in [-0.3, -0.25) is 4.72 Å². The third-order valence-corrected chi connectivity index (χ3v) is 4.10. The Balaban J connectivity index is 1.60. The van der Waals surface area contributed by atoms with Gasteiger partial charge in [-0.2, -0.15) is 4.68 Å². The minimum absolute atomic E-state index is 0.0427. The summed E-state index contributed by atoms with van der Waals surface area (Å²) in [6, 6.07) is 7.31. The van der Waals surface area contributed by atoms with Gasteiger partial charge in [-0.15, -0.1) is 0 Å². The Hall–Kier alpha value is -2.36. The number of rotatable bonds is 5.